The van der Waals surface area contributed by atoms with Crippen LogP contribution in [0.3, 0.4) is 0 Å². The molecular formula is C14H24N2O. The molecule has 1 aromatic rings. The van der Waals surface area contributed by atoms with Gasteiger partial charge in [0.2, 0.25) is 0 Å². The highest BCUT2D eigenvalue weighted by Crippen LogP contribution is 2.21. The average Bonchev–Trinajstić information content (AvgIpc) is 2.35. The lowest BCUT2D eigenvalue weighted by molar-refractivity contribution is 0.0610. The second kappa shape index (κ2) is 7.41. The number of rotatable bonds is 7. The average molecular weight is 236 g/mol. The third kappa shape index (κ3) is 4.10. The molecule has 0 aliphatic heterocycles. The van der Waals surface area contributed by atoms with Crippen LogP contribution in [-0.2, 0) is 4.74 Å². The summed E-state index contributed by atoms with van der Waals surface area (Å²) in [5.41, 5.74) is 2.26. The van der Waals surface area contributed by atoms with Gasteiger partial charge >= 0.3 is 0 Å². The molecule has 3 nitrogen and oxygen atoms in total. The molecule has 0 spiro atoms. The van der Waals surface area contributed by atoms with Crippen molar-refractivity contribution < 1.29 is 4.74 Å². The lowest BCUT2D eigenvalue weighted by atomic mass is 9.99. The summed E-state index contributed by atoms with van der Waals surface area (Å²) in [6.07, 6.45) is 4.34. The molecule has 2 unspecified atom stereocenters. The number of hydrogen-bond acceptors (Lipinski definition) is 3. The van der Waals surface area contributed by atoms with Crippen molar-refractivity contribution in [3.8, 4) is 0 Å². The van der Waals surface area contributed by atoms with Crippen LogP contribution in [0.15, 0.2) is 18.3 Å². The van der Waals surface area contributed by atoms with Crippen molar-refractivity contribution in [2.45, 2.75) is 45.8 Å². The molecule has 1 N–H and O–H groups in total. The number of nitrogens with zero attached hydrogens (tertiary/aromatic N) is 1. The molecule has 1 heterocycles. The molecule has 96 valence electrons. The van der Waals surface area contributed by atoms with Gasteiger partial charge in [-0.1, -0.05) is 26.3 Å². The van der Waals surface area contributed by atoms with E-state index in [0.717, 1.165) is 25.1 Å². The Morgan fingerprint density at radius 2 is 2.12 bits per heavy atom. The molecular weight excluding hydrogens is 212 g/mol. The number of aromatic nitrogens is 1. The third-order valence-electron chi connectivity index (χ3n) is 2.97. The Balaban J connectivity index is 2.86. The highest BCUT2D eigenvalue weighted by atomic mass is 16.5. The lowest BCUT2D eigenvalue weighted by Crippen LogP contribution is -2.33. The molecule has 0 aliphatic carbocycles. The third-order valence-corrected chi connectivity index (χ3v) is 2.97. The van der Waals surface area contributed by atoms with E-state index >= 15 is 0 Å². The minimum Gasteiger partial charge on any atom is -0.379 e. The normalized spacial score (nSPS) is 14.6. The topological polar surface area (TPSA) is 34.1 Å². The number of nitrogens with one attached hydrogen (secondary N) is 1. The Kier molecular flexibility index (Phi) is 6.16. The zero-order chi connectivity index (χ0) is 12.7. The largest absolute Gasteiger partial charge is 0.379 e. The van der Waals surface area contributed by atoms with Crippen LogP contribution in [0.25, 0.3) is 0 Å². The molecule has 0 radical (unpaired) electrons. The van der Waals surface area contributed by atoms with Crippen molar-refractivity contribution in [2.24, 2.45) is 0 Å². The molecule has 3 heteroatoms. The first-order valence-corrected chi connectivity index (χ1v) is 6.41. The van der Waals surface area contributed by atoms with E-state index in [2.05, 4.69) is 36.3 Å². The Bertz CT molecular complexity index is 311. The number of likely N-dealkylation sites (N-methyl/N-ethyl adjacent to an activating group) is 1. The van der Waals surface area contributed by atoms with Crippen molar-refractivity contribution in [3.05, 3.63) is 29.6 Å². The second-order valence-electron chi connectivity index (χ2n) is 4.33. The fraction of sp³-hybridized carbons (Fsp3) is 0.643. The summed E-state index contributed by atoms with van der Waals surface area (Å²) in [5.74, 6) is 0. The fourth-order valence-corrected chi connectivity index (χ4v) is 2.05. The first-order chi connectivity index (χ1) is 8.22. The highest BCUT2D eigenvalue weighted by molar-refractivity contribution is 5.18. The second-order valence-corrected chi connectivity index (χ2v) is 4.33. The summed E-state index contributed by atoms with van der Waals surface area (Å²) in [5, 5.41) is 3.49. The van der Waals surface area contributed by atoms with E-state index in [4.69, 9.17) is 4.74 Å². The Morgan fingerprint density at radius 1 is 1.35 bits per heavy atom. The molecule has 2 atom stereocenters. The number of hydrogen-bond donors (Lipinski definition) is 1. The number of ether oxygens (including phenoxy) is 1. The maximum absolute atomic E-state index is 5.60. The molecule has 0 aromatic carbocycles. The monoisotopic (exact) mass is 236 g/mol. The summed E-state index contributed by atoms with van der Waals surface area (Å²) < 4.78 is 5.60. The maximum Gasteiger partial charge on any atom is 0.0766 e. The van der Waals surface area contributed by atoms with Crippen LogP contribution >= 0.6 is 0 Å². The first-order valence-electron chi connectivity index (χ1n) is 6.41. The van der Waals surface area contributed by atoms with Crippen molar-refractivity contribution in [1.82, 2.24) is 10.3 Å². The van der Waals surface area contributed by atoms with Gasteiger partial charge in [0.1, 0.15) is 0 Å². The highest BCUT2D eigenvalue weighted by Gasteiger charge is 2.21. The van der Waals surface area contributed by atoms with E-state index in [1.807, 2.05) is 13.1 Å². The zero-order valence-corrected chi connectivity index (χ0v) is 11.4. The molecule has 0 fully saturated rings. The van der Waals surface area contributed by atoms with E-state index < -0.39 is 0 Å². The van der Waals surface area contributed by atoms with E-state index in [1.54, 1.807) is 7.11 Å². The van der Waals surface area contributed by atoms with Gasteiger partial charge in [-0.3, -0.25) is 4.98 Å². The fourth-order valence-electron chi connectivity index (χ4n) is 2.05. The Labute approximate surface area is 105 Å². The van der Waals surface area contributed by atoms with Crippen molar-refractivity contribution in [3.63, 3.8) is 0 Å². The van der Waals surface area contributed by atoms with Crippen molar-refractivity contribution in [1.29, 1.82) is 0 Å². The van der Waals surface area contributed by atoms with Gasteiger partial charge in [0.15, 0.2) is 0 Å². The van der Waals surface area contributed by atoms with E-state index in [9.17, 15) is 0 Å². The van der Waals surface area contributed by atoms with Gasteiger partial charge in [-0.25, -0.2) is 0 Å². The van der Waals surface area contributed by atoms with Gasteiger partial charge < -0.3 is 10.1 Å². The van der Waals surface area contributed by atoms with Gasteiger partial charge in [-0.05, 0) is 31.5 Å². The first kappa shape index (κ1) is 14.1. The molecule has 0 saturated heterocycles. The van der Waals surface area contributed by atoms with Crippen molar-refractivity contribution >= 4 is 0 Å². The number of pyridine rings is 1. The van der Waals surface area contributed by atoms with Crippen LogP contribution in [0.1, 0.15) is 44.0 Å². The predicted molar refractivity (Wildman–Crippen MR) is 71.1 cm³/mol. The van der Waals surface area contributed by atoms with Gasteiger partial charge in [0.05, 0.1) is 12.1 Å². The Hall–Kier alpha value is -0.930. The maximum atomic E-state index is 5.60. The summed E-state index contributed by atoms with van der Waals surface area (Å²) in [4.78, 5) is 4.36. The van der Waals surface area contributed by atoms with Crippen LogP contribution in [0.5, 0.6) is 0 Å². The number of aryl methyl sites for hydroxylation is 1. The van der Waals surface area contributed by atoms with Gasteiger partial charge in [-0.15, -0.1) is 0 Å². The molecule has 0 saturated carbocycles. The van der Waals surface area contributed by atoms with Gasteiger partial charge in [0, 0.05) is 19.0 Å². The summed E-state index contributed by atoms with van der Waals surface area (Å²) in [6.45, 7) is 7.24. The van der Waals surface area contributed by atoms with Crippen LogP contribution in [0, 0.1) is 6.92 Å². The van der Waals surface area contributed by atoms with E-state index in [-0.39, 0.29) is 12.1 Å². The summed E-state index contributed by atoms with van der Waals surface area (Å²) >= 11 is 0. The molecule has 1 aromatic heterocycles. The minimum atomic E-state index is 0.212. The lowest BCUT2D eigenvalue weighted by Gasteiger charge is -2.26. The van der Waals surface area contributed by atoms with Crippen molar-refractivity contribution in [2.75, 3.05) is 13.7 Å². The summed E-state index contributed by atoms with van der Waals surface area (Å²) in [7, 11) is 1.78. The molecule has 0 amide bonds. The minimum absolute atomic E-state index is 0.212. The van der Waals surface area contributed by atoms with Gasteiger partial charge in [-0.2, -0.15) is 0 Å². The van der Waals surface area contributed by atoms with Crippen LogP contribution < -0.4 is 5.32 Å². The zero-order valence-electron chi connectivity index (χ0n) is 11.4. The van der Waals surface area contributed by atoms with Crippen LogP contribution in [0.2, 0.25) is 0 Å². The van der Waals surface area contributed by atoms with E-state index in [0.29, 0.717) is 0 Å². The molecule has 17 heavy (non-hydrogen) atoms. The molecule has 0 bridgehead atoms. The van der Waals surface area contributed by atoms with Gasteiger partial charge in [0.25, 0.3) is 0 Å². The van der Waals surface area contributed by atoms with Crippen LogP contribution in [0.4, 0.5) is 0 Å². The predicted octanol–water partition coefficient (Wildman–Crippen LogP) is 2.86. The summed E-state index contributed by atoms with van der Waals surface area (Å²) in [6, 6.07) is 4.42. The van der Waals surface area contributed by atoms with Crippen LogP contribution in [-0.4, -0.2) is 24.7 Å². The molecule has 1 rings (SSSR count). The molecule has 0 aliphatic rings. The van der Waals surface area contributed by atoms with E-state index in [1.165, 1.54) is 5.56 Å². The standard InChI is InChI=1S/C14H24N2O/c1-5-7-13(17-4)14(15-6-2)12-9-8-11(3)16-10-12/h8-10,13-15H,5-7H2,1-4H3. The SMILES string of the molecule is CCCC(OC)C(NCC)c1ccc(C)nc1. The smallest absolute Gasteiger partial charge is 0.0766 e. The number of methoxy groups -OCH3 is 1. The quantitative estimate of drug-likeness (QED) is 0.790. The Morgan fingerprint density at radius 3 is 2.59 bits per heavy atom.